The third-order valence-corrected chi connectivity index (χ3v) is 3.76. The minimum Gasteiger partial charge on any atom is -0.321 e. The van der Waals surface area contributed by atoms with Crippen LogP contribution >= 0.6 is 23.2 Å². The topological polar surface area (TPSA) is 35.6 Å². The van der Waals surface area contributed by atoms with Gasteiger partial charge in [-0.3, -0.25) is 4.68 Å². The highest BCUT2D eigenvalue weighted by Gasteiger charge is 2.14. The number of hydrogen-bond acceptors (Lipinski definition) is 2. The molecule has 2 aromatic heterocycles. The van der Waals surface area contributed by atoms with Crippen LogP contribution in [-0.4, -0.2) is 19.3 Å². The summed E-state index contributed by atoms with van der Waals surface area (Å²) in [6, 6.07) is 4.80. The summed E-state index contributed by atoms with van der Waals surface area (Å²) >= 11 is 11.7. The van der Waals surface area contributed by atoms with Gasteiger partial charge in [0.1, 0.15) is 11.6 Å². The summed E-state index contributed by atoms with van der Waals surface area (Å²) in [5, 5.41) is 4.18. The Balaban J connectivity index is 2.17. The van der Waals surface area contributed by atoms with Crippen LogP contribution in [0.25, 0.3) is 11.0 Å². The Bertz CT molecular complexity index is 778. The van der Waals surface area contributed by atoms with Crippen molar-refractivity contribution in [1.82, 2.24) is 19.3 Å². The average Bonchev–Trinajstić information content (AvgIpc) is 2.96. The van der Waals surface area contributed by atoms with Crippen molar-refractivity contribution in [3.05, 3.63) is 46.8 Å². The van der Waals surface area contributed by atoms with E-state index in [0.717, 1.165) is 5.69 Å². The van der Waals surface area contributed by atoms with Crippen LogP contribution in [0.2, 0.25) is 5.02 Å². The SMILES string of the molecule is Cn1nccc1Cn1c(CCl)nc2cc(Cl)c(F)cc21. The molecular formula is C13H11Cl2FN4. The van der Waals surface area contributed by atoms with Crippen LogP contribution in [-0.2, 0) is 19.5 Å². The first-order chi connectivity index (χ1) is 9.60. The van der Waals surface area contributed by atoms with Crippen LogP contribution in [0, 0.1) is 5.82 Å². The standard InChI is InChI=1S/C13H11Cl2FN4/c1-19-8(2-3-17-19)7-20-12-5-10(16)9(15)4-11(12)18-13(20)6-14/h2-5H,6-7H2,1H3. The summed E-state index contributed by atoms with van der Waals surface area (Å²) < 4.78 is 17.3. The quantitative estimate of drug-likeness (QED) is 0.695. The number of nitrogens with zero attached hydrogens (tertiary/aromatic N) is 4. The highest BCUT2D eigenvalue weighted by molar-refractivity contribution is 6.31. The third-order valence-electron chi connectivity index (χ3n) is 3.23. The first-order valence-electron chi connectivity index (χ1n) is 5.97. The van der Waals surface area contributed by atoms with Crippen molar-refractivity contribution < 1.29 is 4.39 Å². The molecule has 4 nitrogen and oxygen atoms in total. The van der Waals surface area contributed by atoms with Gasteiger partial charge in [0.2, 0.25) is 0 Å². The van der Waals surface area contributed by atoms with Crippen molar-refractivity contribution in [2.75, 3.05) is 0 Å². The molecule has 0 radical (unpaired) electrons. The molecule has 0 saturated carbocycles. The zero-order valence-corrected chi connectivity index (χ0v) is 12.2. The van der Waals surface area contributed by atoms with Crippen molar-refractivity contribution >= 4 is 34.2 Å². The molecule has 7 heteroatoms. The van der Waals surface area contributed by atoms with Crippen molar-refractivity contribution in [3.63, 3.8) is 0 Å². The number of aromatic nitrogens is 4. The molecule has 0 aliphatic heterocycles. The first kappa shape index (κ1) is 13.4. The van der Waals surface area contributed by atoms with E-state index in [9.17, 15) is 4.39 Å². The summed E-state index contributed by atoms with van der Waals surface area (Å²) in [6.07, 6.45) is 1.71. The number of imidazole rings is 1. The van der Waals surface area contributed by atoms with E-state index >= 15 is 0 Å². The Hall–Kier alpha value is -1.59. The smallest absolute Gasteiger partial charge is 0.144 e. The lowest BCUT2D eigenvalue weighted by atomic mass is 10.3. The zero-order chi connectivity index (χ0) is 14.3. The fraction of sp³-hybridized carbons (Fsp3) is 0.231. The number of benzene rings is 1. The zero-order valence-electron chi connectivity index (χ0n) is 10.6. The molecule has 2 heterocycles. The van der Waals surface area contributed by atoms with Crippen LogP contribution in [0.3, 0.4) is 0 Å². The van der Waals surface area contributed by atoms with Crippen molar-refractivity contribution in [1.29, 1.82) is 0 Å². The van der Waals surface area contributed by atoms with E-state index in [2.05, 4.69) is 10.1 Å². The van der Waals surface area contributed by atoms with E-state index in [1.54, 1.807) is 10.9 Å². The average molecular weight is 313 g/mol. The Kier molecular flexibility index (Phi) is 3.40. The number of fused-ring (bicyclic) bond motifs is 1. The van der Waals surface area contributed by atoms with Gasteiger partial charge in [-0.05, 0) is 12.1 Å². The summed E-state index contributed by atoms with van der Waals surface area (Å²) in [6.45, 7) is 0.524. The van der Waals surface area contributed by atoms with E-state index in [-0.39, 0.29) is 10.9 Å². The summed E-state index contributed by atoms with van der Waals surface area (Å²) in [5.74, 6) is 0.446. The van der Waals surface area contributed by atoms with Crippen LogP contribution in [0.5, 0.6) is 0 Å². The molecule has 0 N–H and O–H groups in total. The fourth-order valence-corrected chi connectivity index (χ4v) is 2.53. The van der Waals surface area contributed by atoms with Gasteiger partial charge in [0.05, 0.1) is 34.2 Å². The highest BCUT2D eigenvalue weighted by Crippen LogP contribution is 2.25. The first-order valence-corrected chi connectivity index (χ1v) is 6.88. The van der Waals surface area contributed by atoms with Crippen LogP contribution in [0.1, 0.15) is 11.5 Å². The number of rotatable bonds is 3. The van der Waals surface area contributed by atoms with Crippen LogP contribution in [0.4, 0.5) is 4.39 Å². The molecule has 0 unspecified atom stereocenters. The molecule has 0 bridgehead atoms. The Morgan fingerprint density at radius 1 is 1.35 bits per heavy atom. The molecule has 3 aromatic rings. The maximum atomic E-state index is 13.7. The van der Waals surface area contributed by atoms with E-state index in [1.165, 1.54) is 12.1 Å². The van der Waals surface area contributed by atoms with Crippen LogP contribution < -0.4 is 0 Å². The van der Waals surface area contributed by atoms with Gasteiger partial charge in [-0.1, -0.05) is 11.6 Å². The molecule has 0 spiro atoms. The largest absolute Gasteiger partial charge is 0.321 e. The Morgan fingerprint density at radius 2 is 2.15 bits per heavy atom. The Morgan fingerprint density at radius 3 is 2.80 bits per heavy atom. The summed E-state index contributed by atoms with van der Waals surface area (Å²) in [4.78, 5) is 4.39. The van der Waals surface area contributed by atoms with Crippen LogP contribution in [0.15, 0.2) is 24.4 Å². The maximum absolute atomic E-state index is 13.7. The lowest BCUT2D eigenvalue weighted by Crippen LogP contribution is -2.08. The van der Waals surface area contributed by atoms with Gasteiger partial charge >= 0.3 is 0 Å². The van der Waals surface area contributed by atoms with Gasteiger partial charge in [0.25, 0.3) is 0 Å². The minimum absolute atomic E-state index is 0.0591. The van der Waals surface area contributed by atoms with Gasteiger partial charge in [-0.2, -0.15) is 5.10 Å². The molecule has 0 fully saturated rings. The van der Waals surface area contributed by atoms with Gasteiger partial charge in [-0.15, -0.1) is 11.6 Å². The molecule has 0 saturated heterocycles. The number of hydrogen-bond donors (Lipinski definition) is 0. The van der Waals surface area contributed by atoms with E-state index in [0.29, 0.717) is 23.4 Å². The number of halogens is 3. The van der Waals surface area contributed by atoms with Gasteiger partial charge < -0.3 is 4.57 Å². The van der Waals surface area contributed by atoms with E-state index in [1.807, 2.05) is 17.7 Å². The second-order valence-electron chi connectivity index (χ2n) is 4.45. The Labute approximate surface area is 124 Å². The third kappa shape index (κ3) is 2.17. The molecular weight excluding hydrogens is 302 g/mol. The fourth-order valence-electron chi connectivity index (χ4n) is 2.17. The monoisotopic (exact) mass is 312 g/mol. The molecule has 104 valence electrons. The second kappa shape index (κ2) is 5.07. The summed E-state index contributed by atoms with van der Waals surface area (Å²) in [5.41, 5.74) is 2.28. The molecule has 20 heavy (non-hydrogen) atoms. The van der Waals surface area contributed by atoms with Crippen molar-refractivity contribution in [3.8, 4) is 0 Å². The molecule has 0 amide bonds. The molecule has 1 aromatic carbocycles. The number of aryl methyl sites for hydroxylation is 1. The van der Waals surface area contributed by atoms with E-state index in [4.69, 9.17) is 23.2 Å². The molecule has 0 atom stereocenters. The van der Waals surface area contributed by atoms with Crippen molar-refractivity contribution in [2.24, 2.45) is 7.05 Å². The van der Waals surface area contributed by atoms with Crippen molar-refractivity contribution in [2.45, 2.75) is 12.4 Å². The lowest BCUT2D eigenvalue weighted by Gasteiger charge is -2.08. The van der Waals surface area contributed by atoms with Gasteiger partial charge in [0, 0.05) is 19.3 Å². The maximum Gasteiger partial charge on any atom is 0.144 e. The number of alkyl halides is 1. The van der Waals surface area contributed by atoms with Gasteiger partial charge in [-0.25, -0.2) is 9.37 Å². The molecule has 3 rings (SSSR count). The van der Waals surface area contributed by atoms with Gasteiger partial charge in [0.15, 0.2) is 0 Å². The predicted molar refractivity (Wildman–Crippen MR) is 76.6 cm³/mol. The minimum atomic E-state index is -0.466. The van der Waals surface area contributed by atoms with E-state index < -0.39 is 5.82 Å². The second-order valence-corrected chi connectivity index (χ2v) is 5.12. The summed E-state index contributed by atoms with van der Waals surface area (Å²) in [7, 11) is 1.85. The molecule has 0 aliphatic rings. The normalized spacial score (nSPS) is 11.4. The lowest BCUT2D eigenvalue weighted by molar-refractivity contribution is 0.627. The predicted octanol–water partition coefficient (Wildman–Crippen LogP) is 3.35. The highest BCUT2D eigenvalue weighted by atomic mass is 35.5. The molecule has 0 aliphatic carbocycles.